The van der Waals surface area contributed by atoms with Gasteiger partial charge in [-0.05, 0) is 19.8 Å². The van der Waals surface area contributed by atoms with Crippen molar-refractivity contribution in [3.8, 4) is 0 Å². The van der Waals surface area contributed by atoms with Gasteiger partial charge in [-0.25, -0.2) is 0 Å². The first-order valence-electron chi connectivity index (χ1n) is 4.79. The Bertz CT molecular complexity index is 359. The molecule has 6 heteroatoms. The molecule has 1 heterocycles. The van der Waals surface area contributed by atoms with Crippen LogP contribution in [-0.4, -0.2) is 26.7 Å². The van der Waals surface area contributed by atoms with Gasteiger partial charge in [0.1, 0.15) is 5.78 Å². The van der Waals surface area contributed by atoms with Crippen molar-refractivity contribution in [2.24, 2.45) is 5.73 Å². The number of aromatic nitrogens is 3. The number of amides is 1. The van der Waals surface area contributed by atoms with E-state index in [4.69, 9.17) is 5.73 Å². The zero-order valence-corrected chi connectivity index (χ0v) is 8.64. The number of nitrogens with two attached hydrogens (primary N) is 1. The van der Waals surface area contributed by atoms with E-state index < -0.39 is 5.91 Å². The van der Waals surface area contributed by atoms with Crippen molar-refractivity contribution in [2.45, 2.75) is 32.7 Å². The maximum atomic E-state index is 10.7. The summed E-state index contributed by atoms with van der Waals surface area (Å²) in [4.78, 5) is 22.8. The molecule has 0 aliphatic heterocycles. The molecule has 0 unspecified atom stereocenters. The Kier molecular flexibility index (Phi) is 3.96. The Morgan fingerprint density at radius 2 is 2.20 bits per heavy atom. The highest BCUT2D eigenvalue weighted by Gasteiger charge is 2.05. The highest BCUT2D eigenvalue weighted by Crippen LogP contribution is 1.99. The number of Topliss-reactive ketones (excluding diaryl/α,β-unsaturated/α-hetero) is 1. The van der Waals surface area contributed by atoms with Gasteiger partial charge in [-0.1, -0.05) is 0 Å². The van der Waals surface area contributed by atoms with Gasteiger partial charge in [0.15, 0.2) is 5.69 Å². The smallest absolute Gasteiger partial charge is 0.270 e. The van der Waals surface area contributed by atoms with Crippen molar-refractivity contribution in [2.75, 3.05) is 0 Å². The van der Waals surface area contributed by atoms with E-state index in [9.17, 15) is 9.59 Å². The maximum absolute atomic E-state index is 10.7. The Morgan fingerprint density at radius 1 is 1.47 bits per heavy atom. The maximum Gasteiger partial charge on any atom is 0.270 e. The van der Waals surface area contributed by atoms with Crippen LogP contribution in [0.2, 0.25) is 0 Å². The number of aryl methyl sites for hydroxylation is 1. The minimum atomic E-state index is -0.579. The van der Waals surface area contributed by atoms with Gasteiger partial charge < -0.3 is 10.5 Å². The molecule has 82 valence electrons. The van der Waals surface area contributed by atoms with Crippen LogP contribution in [0.25, 0.3) is 0 Å². The lowest BCUT2D eigenvalue weighted by molar-refractivity contribution is -0.117. The normalized spacial score (nSPS) is 10.2. The average molecular weight is 210 g/mol. The van der Waals surface area contributed by atoms with E-state index in [1.807, 2.05) is 0 Å². The first-order valence-corrected chi connectivity index (χ1v) is 4.79. The first-order chi connectivity index (χ1) is 7.09. The molecule has 0 atom stereocenters. The molecule has 1 aromatic rings. The Balaban J connectivity index is 2.31. The lowest BCUT2D eigenvalue weighted by Crippen LogP contribution is -2.12. The third-order valence-corrected chi connectivity index (χ3v) is 1.93. The summed E-state index contributed by atoms with van der Waals surface area (Å²) in [6.45, 7) is 2.16. The predicted octanol–water partition coefficient (Wildman–Crippen LogP) is 0.136. The number of hydrogen-bond acceptors (Lipinski definition) is 4. The van der Waals surface area contributed by atoms with Gasteiger partial charge >= 0.3 is 0 Å². The molecule has 1 rings (SSSR count). The zero-order valence-electron chi connectivity index (χ0n) is 8.64. The molecule has 6 nitrogen and oxygen atoms in total. The van der Waals surface area contributed by atoms with Crippen LogP contribution in [0.15, 0.2) is 6.20 Å². The summed E-state index contributed by atoms with van der Waals surface area (Å²) in [5, 5.41) is 7.75. The second-order valence-corrected chi connectivity index (χ2v) is 3.35. The van der Waals surface area contributed by atoms with Crippen molar-refractivity contribution >= 4 is 11.7 Å². The fourth-order valence-corrected chi connectivity index (χ4v) is 1.15. The lowest BCUT2D eigenvalue weighted by atomic mass is 10.2. The molecule has 0 fully saturated rings. The van der Waals surface area contributed by atoms with Gasteiger partial charge in [0.2, 0.25) is 0 Å². The van der Waals surface area contributed by atoms with E-state index in [-0.39, 0.29) is 11.5 Å². The van der Waals surface area contributed by atoms with Gasteiger partial charge in [-0.3, -0.25) is 4.79 Å². The fourth-order valence-electron chi connectivity index (χ4n) is 1.15. The minimum Gasteiger partial charge on any atom is -0.364 e. The molecular weight excluding hydrogens is 196 g/mol. The zero-order chi connectivity index (χ0) is 11.3. The molecule has 0 aliphatic carbocycles. The number of hydrogen-bond donors (Lipinski definition) is 1. The number of nitrogens with zero attached hydrogens (tertiary/aromatic N) is 3. The number of unbranched alkanes of at least 4 members (excludes halogenated alkanes) is 1. The third-order valence-electron chi connectivity index (χ3n) is 1.93. The molecule has 0 spiro atoms. The van der Waals surface area contributed by atoms with Crippen molar-refractivity contribution in [3.63, 3.8) is 0 Å². The van der Waals surface area contributed by atoms with E-state index in [0.717, 1.165) is 12.8 Å². The molecule has 1 aromatic heterocycles. The molecule has 1 amide bonds. The van der Waals surface area contributed by atoms with Crippen LogP contribution in [0, 0.1) is 0 Å². The topological polar surface area (TPSA) is 90.9 Å². The summed E-state index contributed by atoms with van der Waals surface area (Å²) in [6.07, 6.45) is 3.53. The monoisotopic (exact) mass is 210 g/mol. The van der Waals surface area contributed by atoms with Crippen LogP contribution in [0.4, 0.5) is 0 Å². The first kappa shape index (κ1) is 11.4. The van der Waals surface area contributed by atoms with Gasteiger partial charge in [0.25, 0.3) is 5.91 Å². The molecule has 2 N–H and O–H groups in total. The molecular formula is C9H14N4O2. The SMILES string of the molecule is CC(=O)CCCCn1ncc(C(N)=O)n1. The molecule has 0 aromatic carbocycles. The van der Waals surface area contributed by atoms with Gasteiger partial charge in [0.05, 0.1) is 12.7 Å². The lowest BCUT2D eigenvalue weighted by Gasteiger charge is -1.98. The number of ketones is 1. The fraction of sp³-hybridized carbons (Fsp3) is 0.556. The molecule has 0 radical (unpaired) electrons. The van der Waals surface area contributed by atoms with Crippen LogP contribution in [0.3, 0.4) is 0 Å². The largest absolute Gasteiger partial charge is 0.364 e. The molecule has 0 bridgehead atoms. The van der Waals surface area contributed by atoms with Gasteiger partial charge in [-0.2, -0.15) is 9.90 Å². The van der Waals surface area contributed by atoms with Crippen molar-refractivity contribution in [1.82, 2.24) is 15.0 Å². The molecule has 0 saturated carbocycles. The number of carbonyl (C=O) groups is 2. The minimum absolute atomic E-state index is 0.168. The van der Waals surface area contributed by atoms with Crippen molar-refractivity contribution < 1.29 is 9.59 Å². The average Bonchev–Trinajstić information content (AvgIpc) is 2.60. The van der Waals surface area contributed by atoms with Crippen LogP contribution >= 0.6 is 0 Å². The summed E-state index contributed by atoms with van der Waals surface area (Å²) < 4.78 is 0. The summed E-state index contributed by atoms with van der Waals surface area (Å²) >= 11 is 0. The highest BCUT2D eigenvalue weighted by atomic mass is 16.1. The Hall–Kier alpha value is -1.72. The molecule has 0 aliphatic rings. The van der Waals surface area contributed by atoms with Gasteiger partial charge in [-0.15, -0.1) is 5.10 Å². The number of rotatable bonds is 6. The Morgan fingerprint density at radius 3 is 2.73 bits per heavy atom. The van der Waals surface area contributed by atoms with E-state index in [1.165, 1.54) is 11.0 Å². The van der Waals surface area contributed by atoms with E-state index in [1.54, 1.807) is 6.92 Å². The quantitative estimate of drug-likeness (QED) is 0.676. The van der Waals surface area contributed by atoms with Crippen molar-refractivity contribution in [1.29, 1.82) is 0 Å². The summed E-state index contributed by atoms with van der Waals surface area (Å²) in [6, 6.07) is 0. The summed E-state index contributed by atoms with van der Waals surface area (Å²) in [7, 11) is 0. The number of primary amides is 1. The van der Waals surface area contributed by atoms with E-state index >= 15 is 0 Å². The molecule has 0 saturated heterocycles. The predicted molar refractivity (Wildman–Crippen MR) is 53.1 cm³/mol. The van der Waals surface area contributed by atoms with E-state index in [2.05, 4.69) is 10.2 Å². The highest BCUT2D eigenvalue weighted by molar-refractivity contribution is 5.90. The summed E-state index contributed by atoms with van der Waals surface area (Å²) in [5.74, 6) is -0.397. The third kappa shape index (κ3) is 3.88. The van der Waals surface area contributed by atoms with E-state index in [0.29, 0.717) is 13.0 Å². The Labute approximate surface area is 87.4 Å². The second-order valence-electron chi connectivity index (χ2n) is 3.35. The standard InChI is InChI=1S/C9H14N4O2/c1-7(14)4-2-3-5-13-11-6-8(12-13)9(10)15/h6H,2-5H2,1H3,(H2,10,15). The van der Waals surface area contributed by atoms with Crippen LogP contribution < -0.4 is 5.73 Å². The van der Waals surface area contributed by atoms with Crippen molar-refractivity contribution in [3.05, 3.63) is 11.9 Å². The van der Waals surface area contributed by atoms with Crippen LogP contribution in [0.5, 0.6) is 0 Å². The number of carbonyl (C=O) groups excluding carboxylic acids is 2. The van der Waals surface area contributed by atoms with Crippen LogP contribution in [0.1, 0.15) is 36.7 Å². The van der Waals surface area contributed by atoms with Gasteiger partial charge in [0, 0.05) is 6.42 Å². The molecule has 15 heavy (non-hydrogen) atoms. The van der Waals surface area contributed by atoms with Crippen LogP contribution in [-0.2, 0) is 11.3 Å². The second kappa shape index (κ2) is 5.23. The summed E-state index contributed by atoms with van der Waals surface area (Å²) in [5.41, 5.74) is 5.19.